The summed E-state index contributed by atoms with van der Waals surface area (Å²) in [6.45, 7) is 8.68. The Morgan fingerprint density at radius 2 is 2.00 bits per heavy atom. The average molecular weight is 391 g/mol. The molecule has 1 saturated heterocycles. The number of rotatable bonds is 11. The van der Waals surface area contributed by atoms with Crippen molar-refractivity contribution in [2.75, 3.05) is 44.7 Å². The van der Waals surface area contributed by atoms with E-state index in [9.17, 15) is 9.59 Å². The zero-order valence-electron chi connectivity index (χ0n) is 17.4. The fourth-order valence-electron chi connectivity index (χ4n) is 3.54. The van der Waals surface area contributed by atoms with Crippen molar-refractivity contribution >= 4 is 17.6 Å². The van der Waals surface area contributed by atoms with Gasteiger partial charge in [0.15, 0.2) is 0 Å². The average Bonchev–Trinajstić information content (AvgIpc) is 3.05. The highest BCUT2D eigenvalue weighted by atomic mass is 16.5. The van der Waals surface area contributed by atoms with Crippen LogP contribution in [-0.2, 0) is 4.79 Å². The lowest BCUT2D eigenvalue weighted by molar-refractivity contribution is -0.117. The van der Waals surface area contributed by atoms with Crippen LogP contribution in [0, 0.1) is 0 Å². The Kier molecular flexibility index (Phi) is 9.07. The monoisotopic (exact) mass is 390 g/mol. The standard InChI is InChI=1S/C21H34N4O3/c1-4-11-24(12-5-2)13-7-10-22-21(27)23-17-14-20(26)25(16-17)18-8-6-9-19(15-18)28-3/h6,8-9,15,17H,4-5,7,10-14,16H2,1-3H3,(H2,22,23,27). The minimum absolute atomic E-state index is 0.00771. The number of urea groups is 1. The molecule has 7 nitrogen and oxygen atoms in total. The summed E-state index contributed by atoms with van der Waals surface area (Å²) in [4.78, 5) is 28.6. The second-order valence-electron chi connectivity index (χ2n) is 7.20. The number of nitrogens with one attached hydrogen (secondary N) is 2. The number of ether oxygens (including phenoxy) is 1. The Labute approximate surface area is 168 Å². The van der Waals surface area contributed by atoms with Crippen molar-refractivity contribution in [2.24, 2.45) is 0 Å². The van der Waals surface area contributed by atoms with Crippen molar-refractivity contribution in [3.05, 3.63) is 24.3 Å². The van der Waals surface area contributed by atoms with Gasteiger partial charge in [-0.2, -0.15) is 0 Å². The first-order valence-electron chi connectivity index (χ1n) is 10.3. The van der Waals surface area contributed by atoms with E-state index in [-0.39, 0.29) is 18.0 Å². The number of nitrogens with zero attached hydrogens (tertiary/aromatic N) is 2. The molecule has 0 aliphatic carbocycles. The van der Waals surface area contributed by atoms with Gasteiger partial charge in [0, 0.05) is 31.3 Å². The molecular formula is C21H34N4O3. The highest BCUT2D eigenvalue weighted by molar-refractivity contribution is 5.97. The van der Waals surface area contributed by atoms with Gasteiger partial charge in [0.25, 0.3) is 0 Å². The van der Waals surface area contributed by atoms with Gasteiger partial charge in [-0.3, -0.25) is 4.79 Å². The Balaban J connectivity index is 1.73. The molecule has 2 rings (SSSR count). The molecule has 1 unspecified atom stereocenters. The number of amides is 3. The molecule has 0 aromatic heterocycles. The first kappa shape index (κ1) is 22.0. The predicted octanol–water partition coefficient (Wildman–Crippen LogP) is 2.61. The van der Waals surface area contributed by atoms with Gasteiger partial charge in [0.2, 0.25) is 5.91 Å². The molecule has 7 heteroatoms. The zero-order valence-corrected chi connectivity index (χ0v) is 17.4. The maximum atomic E-state index is 12.3. The molecule has 1 aliphatic heterocycles. The lowest BCUT2D eigenvalue weighted by Gasteiger charge is -2.21. The number of carbonyl (C=O) groups excluding carboxylic acids is 2. The van der Waals surface area contributed by atoms with Gasteiger partial charge in [-0.05, 0) is 51.0 Å². The maximum Gasteiger partial charge on any atom is 0.315 e. The lowest BCUT2D eigenvalue weighted by Crippen LogP contribution is -2.44. The van der Waals surface area contributed by atoms with Crippen molar-refractivity contribution in [1.82, 2.24) is 15.5 Å². The van der Waals surface area contributed by atoms with Crippen LogP contribution in [0.15, 0.2) is 24.3 Å². The van der Waals surface area contributed by atoms with Crippen LogP contribution in [0.4, 0.5) is 10.5 Å². The summed E-state index contributed by atoms with van der Waals surface area (Å²) in [5.41, 5.74) is 0.793. The van der Waals surface area contributed by atoms with Crippen molar-refractivity contribution in [3.63, 3.8) is 0 Å². The van der Waals surface area contributed by atoms with Gasteiger partial charge >= 0.3 is 6.03 Å². The van der Waals surface area contributed by atoms with Crippen LogP contribution in [0.25, 0.3) is 0 Å². The van der Waals surface area contributed by atoms with E-state index < -0.39 is 0 Å². The van der Waals surface area contributed by atoms with E-state index in [1.807, 2.05) is 24.3 Å². The summed E-state index contributed by atoms with van der Waals surface area (Å²) in [6.07, 6.45) is 3.53. The minimum Gasteiger partial charge on any atom is -0.497 e. The zero-order chi connectivity index (χ0) is 20.4. The highest BCUT2D eigenvalue weighted by Crippen LogP contribution is 2.25. The maximum absolute atomic E-state index is 12.3. The molecule has 1 aliphatic rings. The third kappa shape index (κ3) is 6.71. The van der Waals surface area contributed by atoms with Crippen LogP contribution in [0.3, 0.4) is 0 Å². The molecule has 1 aromatic rings. The van der Waals surface area contributed by atoms with Gasteiger partial charge in [-0.15, -0.1) is 0 Å². The molecule has 0 bridgehead atoms. The van der Waals surface area contributed by atoms with Crippen LogP contribution in [-0.4, -0.2) is 62.7 Å². The molecule has 3 amide bonds. The van der Waals surface area contributed by atoms with E-state index in [2.05, 4.69) is 29.4 Å². The number of methoxy groups -OCH3 is 1. The first-order valence-corrected chi connectivity index (χ1v) is 10.3. The van der Waals surface area contributed by atoms with Crippen molar-refractivity contribution in [3.8, 4) is 5.75 Å². The van der Waals surface area contributed by atoms with Crippen LogP contribution >= 0.6 is 0 Å². The normalized spacial score (nSPS) is 16.5. The SMILES string of the molecule is CCCN(CCC)CCCNC(=O)NC1CC(=O)N(c2cccc(OC)c2)C1. The minimum atomic E-state index is -0.206. The van der Waals surface area contributed by atoms with Gasteiger partial charge in [0.1, 0.15) is 5.75 Å². The molecule has 1 fully saturated rings. The van der Waals surface area contributed by atoms with E-state index in [0.29, 0.717) is 25.3 Å². The van der Waals surface area contributed by atoms with E-state index in [1.165, 1.54) is 0 Å². The lowest BCUT2D eigenvalue weighted by atomic mass is 10.2. The molecule has 0 radical (unpaired) electrons. The van der Waals surface area contributed by atoms with Crippen molar-refractivity contribution in [2.45, 2.75) is 45.6 Å². The summed E-state index contributed by atoms with van der Waals surface area (Å²) < 4.78 is 5.22. The molecule has 2 N–H and O–H groups in total. The molecule has 0 saturated carbocycles. The van der Waals surface area contributed by atoms with Gasteiger partial charge in [0.05, 0.1) is 13.2 Å². The Morgan fingerprint density at radius 1 is 1.25 bits per heavy atom. The Hall–Kier alpha value is -2.28. The number of carbonyl (C=O) groups is 2. The summed E-state index contributed by atoms with van der Waals surface area (Å²) in [6, 6.07) is 7.02. The third-order valence-corrected chi connectivity index (χ3v) is 4.84. The van der Waals surface area contributed by atoms with Gasteiger partial charge in [-0.1, -0.05) is 19.9 Å². The highest BCUT2D eigenvalue weighted by Gasteiger charge is 2.31. The van der Waals surface area contributed by atoms with E-state index in [1.54, 1.807) is 12.0 Å². The summed E-state index contributed by atoms with van der Waals surface area (Å²) in [7, 11) is 1.60. The van der Waals surface area contributed by atoms with Crippen molar-refractivity contribution < 1.29 is 14.3 Å². The number of hydrogen-bond acceptors (Lipinski definition) is 4. The summed E-state index contributed by atoms with van der Waals surface area (Å²) in [5, 5.41) is 5.83. The van der Waals surface area contributed by atoms with E-state index in [0.717, 1.165) is 44.6 Å². The van der Waals surface area contributed by atoms with E-state index >= 15 is 0 Å². The Bertz CT molecular complexity index is 632. The molecule has 156 valence electrons. The predicted molar refractivity (Wildman–Crippen MR) is 112 cm³/mol. The second-order valence-corrected chi connectivity index (χ2v) is 7.20. The molecular weight excluding hydrogens is 356 g/mol. The largest absolute Gasteiger partial charge is 0.497 e. The fourth-order valence-corrected chi connectivity index (χ4v) is 3.54. The smallest absolute Gasteiger partial charge is 0.315 e. The molecule has 1 heterocycles. The van der Waals surface area contributed by atoms with Gasteiger partial charge < -0.3 is 25.2 Å². The topological polar surface area (TPSA) is 73.9 Å². The fraction of sp³-hybridized carbons (Fsp3) is 0.619. The first-order chi connectivity index (χ1) is 13.6. The van der Waals surface area contributed by atoms with Crippen molar-refractivity contribution in [1.29, 1.82) is 0 Å². The van der Waals surface area contributed by atoms with Crippen LogP contribution in [0.1, 0.15) is 39.5 Å². The van der Waals surface area contributed by atoms with Crippen LogP contribution < -0.4 is 20.3 Å². The summed E-state index contributed by atoms with van der Waals surface area (Å²) in [5.74, 6) is 0.716. The quantitative estimate of drug-likeness (QED) is 0.570. The number of benzene rings is 1. The Morgan fingerprint density at radius 3 is 2.68 bits per heavy atom. The van der Waals surface area contributed by atoms with Gasteiger partial charge in [-0.25, -0.2) is 4.79 Å². The van der Waals surface area contributed by atoms with Crippen LogP contribution in [0.2, 0.25) is 0 Å². The van der Waals surface area contributed by atoms with E-state index in [4.69, 9.17) is 4.74 Å². The number of hydrogen-bond donors (Lipinski definition) is 2. The molecule has 28 heavy (non-hydrogen) atoms. The third-order valence-electron chi connectivity index (χ3n) is 4.84. The molecule has 0 spiro atoms. The number of anilines is 1. The summed E-state index contributed by atoms with van der Waals surface area (Å²) >= 11 is 0. The molecule has 1 aromatic carbocycles. The molecule has 1 atom stereocenters. The second kappa shape index (κ2) is 11.5. The van der Waals surface area contributed by atoms with Crippen LogP contribution in [0.5, 0.6) is 5.75 Å².